The number of fused-ring (bicyclic) bond motifs is 2. The SMILES string of the molecule is C1CCOC1.C1CCOC1.C[Si](C)([C]1[CH][CH][C]2C=CC=C[C]21)[C]1[CH][CH][C]2C=CC=C[C]21.[CH3][Al+][CH3].[CH3][Al+][CH3]. The summed E-state index contributed by atoms with van der Waals surface area (Å²) in [6.07, 6.45) is 31.9. The van der Waals surface area contributed by atoms with Crippen LogP contribution in [0.15, 0.2) is 48.6 Å². The van der Waals surface area contributed by atoms with Gasteiger partial charge in [0.25, 0.3) is 0 Å². The average Bonchev–Trinajstić information content (AvgIpc) is 3.74. The Hall–Kier alpha value is 0.162. The molecule has 0 N–H and O–H groups in total. The van der Waals surface area contributed by atoms with Gasteiger partial charge in [0.2, 0.25) is 0 Å². The van der Waals surface area contributed by atoms with Gasteiger partial charge >= 0.3 is 53.6 Å². The molecule has 0 spiro atoms. The van der Waals surface area contributed by atoms with Crippen LogP contribution in [-0.4, -0.2) is 64.9 Å². The molecule has 0 unspecified atom stereocenters. The van der Waals surface area contributed by atoms with Crippen molar-refractivity contribution in [3.05, 3.63) is 109 Å². The molecule has 10 radical (unpaired) electrons. The molecule has 2 aliphatic heterocycles. The molecular weight excluding hydrogens is 498 g/mol. The number of hydrogen-bond donors (Lipinski definition) is 0. The van der Waals surface area contributed by atoms with Crippen molar-refractivity contribution in [2.75, 3.05) is 26.4 Å². The molecule has 2 nitrogen and oxygen atoms in total. The van der Waals surface area contributed by atoms with Gasteiger partial charge in [-0.05, 0) is 62.4 Å². The van der Waals surface area contributed by atoms with Crippen molar-refractivity contribution in [1.82, 2.24) is 0 Å². The number of allylic oxidation sites excluding steroid dienone is 8. The summed E-state index contributed by atoms with van der Waals surface area (Å²) in [5, 5.41) is 0. The van der Waals surface area contributed by atoms with Crippen LogP contribution in [0.4, 0.5) is 0 Å². The van der Waals surface area contributed by atoms with E-state index in [1.54, 1.807) is 11.1 Å². The van der Waals surface area contributed by atoms with E-state index >= 15 is 0 Å². The molecule has 4 fully saturated rings. The molecule has 2 saturated heterocycles. The zero-order chi connectivity index (χ0) is 26.9. The summed E-state index contributed by atoms with van der Waals surface area (Å²) >= 11 is 1.50. The molecule has 4 aliphatic carbocycles. The fraction of sp³-hybridized carbons (Fsp3) is 0.438. The van der Waals surface area contributed by atoms with Gasteiger partial charge in [0.05, 0.1) is 8.07 Å². The van der Waals surface area contributed by atoms with Crippen LogP contribution < -0.4 is 0 Å². The van der Waals surface area contributed by atoms with Crippen molar-refractivity contribution in [2.24, 2.45) is 0 Å². The van der Waals surface area contributed by atoms with Gasteiger partial charge in [0, 0.05) is 50.1 Å². The predicted octanol–water partition coefficient (Wildman–Crippen LogP) is 7.48. The van der Waals surface area contributed by atoms with E-state index in [0.717, 1.165) is 56.9 Å². The minimum absolute atomic E-state index is 0.750. The second-order valence-corrected chi connectivity index (χ2v) is 16.7. The Bertz CT molecular complexity index is 636. The molecule has 2 heterocycles. The summed E-state index contributed by atoms with van der Waals surface area (Å²) in [6, 6.07) is 0. The molecule has 6 aliphatic rings. The van der Waals surface area contributed by atoms with Crippen molar-refractivity contribution in [3.63, 3.8) is 0 Å². The van der Waals surface area contributed by atoms with Crippen LogP contribution in [0.2, 0.25) is 36.2 Å². The Morgan fingerprint density at radius 1 is 0.541 bits per heavy atom. The first-order valence-electron chi connectivity index (χ1n) is 13.9. The van der Waals surface area contributed by atoms with Gasteiger partial charge in [0.15, 0.2) is 0 Å². The number of ether oxygens (including phenoxy) is 2. The van der Waals surface area contributed by atoms with Crippen molar-refractivity contribution in [3.8, 4) is 0 Å². The number of rotatable bonds is 2. The molecular formula is C32H46Al2O2Si+2. The third kappa shape index (κ3) is 10.9. The average molecular weight is 545 g/mol. The van der Waals surface area contributed by atoms with Gasteiger partial charge in [-0.1, -0.05) is 61.7 Å². The Morgan fingerprint density at radius 2 is 0.865 bits per heavy atom. The standard InChI is InChI=1S/C20H18Si.2C4H8O.4CH3.2Al/c1-21(2,19-13-11-15-7-3-5-9-17(15)19)20-14-12-16-8-4-6-10-18(16)20;2*1-2-4-5-3-1;;;;;;/h3-14H,1-2H3;2*1-4H2;4*1H3;;/q;;;;;;;2*+1. The Morgan fingerprint density at radius 3 is 1.16 bits per heavy atom. The maximum atomic E-state index is 4.94. The third-order valence-corrected chi connectivity index (χ3v) is 9.93. The molecule has 0 amide bonds. The van der Waals surface area contributed by atoms with E-state index in [4.69, 9.17) is 9.47 Å². The second-order valence-electron chi connectivity index (χ2n) is 10.1. The first-order chi connectivity index (χ1) is 18.0. The van der Waals surface area contributed by atoms with E-state index in [1.165, 1.54) is 49.4 Å². The van der Waals surface area contributed by atoms with Gasteiger partial charge < -0.3 is 9.47 Å². The normalized spacial score (nSPS) is 23.3. The molecule has 0 aromatic heterocycles. The Balaban J connectivity index is 0.000000244. The van der Waals surface area contributed by atoms with Gasteiger partial charge in [-0.25, -0.2) is 0 Å². The van der Waals surface area contributed by atoms with Crippen LogP contribution in [0, 0.1) is 60.4 Å². The summed E-state index contributed by atoms with van der Waals surface area (Å²) in [6.45, 7) is 8.94. The summed E-state index contributed by atoms with van der Waals surface area (Å²) in [7, 11) is -1.68. The van der Waals surface area contributed by atoms with Crippen molar-refractivity contribution >= 4 is 38.5 Å². The quantitative estimate of drug-likeness (QED) is 0.336. The van der Waals surface area contributed by atoms with Crippen molar-refractivity contribution < 1.29 is 9.47 Å². The van der Waals surface area contributed by atoms with Crippen LogP contribution in [0.5, 0.6) is 0 Å². The monoisotopic (exact) mass is 544 g/mol. The van der Waals surface area contributed by atoms with Crippen molar-refractivity contribution in [2.45, 2.75) is 61.9 Å². The van der Waals surface area contributed by atoms with Crippen LogP contribution >= 0.6 is 0 Å². The fourth-order valence-electron chi connectivity index (χ4n) is 4.56. The third-order valence-electron chi connectivity index (χ3n) is 6.36. The molecule has 5 heteroatoms. The van der Waals surface area contributed by atoms with E-state index in [0.29, 0.717) is 0 Å². The second kappa shape index (κ2) is 19.3. The molecule has 0 aromatic rings. The van der Waals surface area contributed by atoms with Crippen molar-refractivity contribution in [1.29, 1.82) is 0 Å². The topological polar surface area (TPSA) is 18.5 Å². The van der Waals surface area contributed by atoms with Gasteiger partial charge in [0.1, 0.15) is 0 Å². The number of hydrogen-bond acceptors (Lipinski definition) is 2. The molecule has 37 heavy (non-hydrogen) atoms. The molecule has 0 aromatic carbocycles. The molecule has 6 rings (SSSR count). The first-order valence-corrected chi connectivity index (χ1v) is 21.6. The van der Waals surface area contributed by atoms with E-state index < -0.39 is 8.07 Å². The molecule has 2 saturated carbocycles. The predicted molar refractivity (Wildman–Crippen MR) is 166 cm³/mol. The Kier molecular flexibility index (Phi) is 17.4. The van der Waals surface area contributed by atoms with Gasteiger partial charge in [-0.3, -0.25) is 0 Å². The summed E-state index contributed by atoms with van der Waals surface area (Å²) < 4.78 is 9.89. The summed E-state index contributed by atoms with van der Waals surface area (Å²) in [5.74, 6) is 14.4. The van der Waals surface area contributed by atoms with E-state index in [1.807, 2.05) is 0 Å². The zero-order valence-corrected chi connectivity index (χ0v) is 27.4. The van der Waals surface area contributed by atoms with Gasteiger partial charge in [-0.2, -0.15) is 0 Å². The van der Waals surface area contributed by atoms with Crippen LogP contribution in [0.25, 0.3) is 0 Å². The zero-order valence-electron chi connectivity index (χ0n) is 24.1. The Labute approximate surface area is 244 Å². The van der Waals surface area contributed by atoms with Crippen LogP contribution in [0.1, 0.15) is 25.7 Å². The van der Waals surface area contributed by atoms with E-state index in [2.05, 4.69) is 111 Å². The molecule has 0 atom stereocenters. The fourth-order valence-corrected chi connectivity index (χ4v) is 7.65. The van der Waals surface area contributed by atoms with Crippen LogP contribution in [0.3, 0.4) is 0 Å². The molecule has 0 bridgehead atoms. The van der Waals surface area contributed by atoms with Crippen LogP contribution in [-0.2, 0) is 9.47 Å². The van der Waals surface area contributed by atoms with E-state index in [9.17, 15) is 0 Å². The summed E-state index contributed by atoms with van der Waals surface area (Å²) in [5.41, 5.74) is 3.10. The van der Waals surface area contributed by atoms with Gasteiger partial charge in [-0.15, -0.1) is 0 Å². The first kappa shape index (κ1) is 33.4. The minimum atomic E-state index is -1.68. The molecule has 194 valence electrons. The van der Waals surface area contributed by atoms with E-state index in [-0.39, 0.29) is 0 Å². The maximum absolute atomic E-state index is 4.94. The summed E-state index contributed by atoms with van der Waals surface area (Å²) in [4.78, 5) is 0.